The third-order valence-electron chi connectivity index (χ3n) is 6.43. The Labute approximate surface area is 192 Å². The van der Waals surface area contributed by atoms with E-state index in [2.05, 4.69) is 56.2 Å². The molecule has 1 spiro atoms. The van der Waals surface area contributed by atoms with Crippen molar-refractivity contribution in [2.24, 2.45) is 5.41 Å². The van der Waals surface area contributed by atoms with Gasteiger partial charge in [0, 0.05) is 31.7 Å². The Morgan fingerprint density at radius 3 is 2.75 bits per heavy atom. The first-order valence-corrected chi connectivity index (χ1v) is 11.8. The fraction of sp³-hybridized carbons (Fsp3) is 0.654. The van der Waals surface area contributed by atoms with Crippen molar-refractivity contribution in [2.45, 2.75) is 83.1 Å². The zero-order valence-corrected chi connectivity index (χ0v) is 20.1. The average molecular weight is 445 g/mol. The van der Waals surface area contributed by atoms with E-state index >= 15 is 0 Å². The van der Waals surface area contributed by atoms with E-state index in [0.717, 1.165) is 31.4 Å². The molecule has 1 aromatic carbocycles. The van der Waals surface area contributed by atoms with Gasteiger partial charge in [0.2, 0.25) is 5.91 Å². The summed E-state index contributed by atoms with van der Waals surface area (Å²) in [6.45, 7) is 10.8. The van der Waals surface area contributed by atoms with Gasteiger partial charge in [-0.15, -0.1) is 6.58 Å². The quantitative estimate of drug-likeness (QED) is 0.480. The Morgan fingerprint density at radius 1 is 1.41 bits per heavy atom. The SMILES string of the molecule is C=CC[C@H](NC(=O)COC)[C@H](O)CN[C@H]1CC2(CCC2)Oc2ccc(CC(C)(C)C)cc21. The Balaban J connectivity index is 1.73. The van der Waals surface area contributed by atoms with Crippen molar-refractivity contribution in [1.82, 2.24) is 10.6 Å². The second-order valence-electron chi connectivity index (χ2n) is 10.6. The number of methoxy groups -OCH3 is 1. The molecule has 1 amide bonds. The summed E-state index contributed by atoms with van der Waals surface area (Å²) >= 11 is 0. The first-order valence-electron chi connectivity index (χ1n) is 11.8. The lowest BCUT2D eigenvalue weighted by Crippen LogP contribution is -2.52. The fourth-order valence-electron chi connectivity index (χ4n) is 4.78. The number of rotatable bonds is 10. The van der Waals surface area contributed by atoms with Crippen LogP contribution in [0.25, 0.3) is 0 Å². The Hall–Kier alpha value is -1.89. The van der Waals surface area contributed by atoms with Crippen LogP contribution < -0.4 is 15.4 Å². The molecule has 1 fully saturated rings. The minimum atomic E-state index is -0.741. The van der Waals surface area contributed by atoms with Gasteiger partial charge in [-0.3, -0.25) is 4.79 Å². The zero-order chi connectivity index (χ0) is 23.4. The van der Waals surface area contributed by atoms with Gasteiger partial charge in [-0.1, -0.05) is 39.0 Å². The van der Waals surface area contributed by atoms with Gasteiger partial charge < -0.3 is 25.2 Å². The molecule has 32 heavy (non-hydrogen) atoms. The predicted molar refractivity (Wildman–Crippen MR) is 127 cm³/mol. The molecule has 0 bridgehead atoms. The Bertz CT molecular complexity index is 798. The highest BCUT2D eigenvalue weighted by atomic mass is 16.5. The molecule has 3 N–H and O–H groups in total. The number of ether oxygens (including phenoxy) is 2. The van der Waals surface area contributed by atoms with Gasteiger partial charge in [-0.05, 0) is 49.1 Å². The molecule has 178 valence electrons. The van der Waals surface area contributed by atoms with Gasteiger partial charge in [0.1, 0.15) is 18.0 Å². The lowest BCUT2D eigenvalue weighted by atomic mass is 9.72. The van der Waals surface area contributed by atoms with Crippen LogP contribution in [0.2, 0.25) is 0 Å². The van der Waals surface area contributed by atoms with E-state index in [4.69, 9.17) is 9.47 Å². The first-order chi connectivity index (χ1) is 15.1. The minimum Gasteiger partial charge on any atom is -0.487 e. The molecule has 0 radical (unpaired) electrons. The van der Waals surface area contributed by atoms with Crippen molar-refractivity contribution in [1.29, 1.82) is 0 Å². The molecule has 1 saturated carbocycles. The third-order valence-corrected chi connectivity index (χ3v) is 6.43. The molecule has 6 nitrogen and oxygen atoms in total. The topological polar surface area (TPSA) is 79.8 Å². The van der Waals surface area contributed by atoms with Gasteiger partial charge in [-0.25, -0.2) is 0 Å². The summed E-state index contributed by atoms with van der Waals surface area (Å²) in [5.41, 5.74) is 2.58. The standard InChI is InChI=1S/C26H40N2O4/c1-6-8-20(28-24(30)17-31-5)22(29)16-27-21-15-26(11-7-12-26)32-23-10-9-18(13-19(21)23)14-25(2,3)4/h6,9-10,13,20-22,27,29H,1,7-8,11-12,14-17H2,2-5H3,(H,28,30)/t20-,21-,22+/m0/s1. The number of aliphatic hydroxyl groups is 1. The summed E-state index contributed by atoms with van der Waals surface area (Å²) in [5, 5.41) is 17.3. The van der Waals surface area contributed by atoms with Gasteiger partial charge in [0.05, 0.1) is 12.1 Å². The number of hydrogen-bond donors (Lipinski definition) is 3. The molecular weight excluding hydrogens is 404 g/mol. The molecule has 0 unspecified atom stereocenters. The summed E-state index contributed by atoms with van der Waals surface area (Å²) < 4.78 is 11.4. The fourth-order valence-corrected chi connectivity index (χ4v) is 4.78. The maximum Gasteiger partial charge on any atom is 0.246 e. The third kappa shape index (κ3) is 6.33. The number of carbonyl (C=O) groups is 1. The average Bonchev–Trinajstić information content (AvgIpc) is 2.69. The van der Waals surface area contributed by atoms with E-state index in [1.165, 1.54) is 24.7 Å². The van der Waals surface area contributed by atoms with Crippen LogP contribution in [0, 0.1) is 5.41 Å². The van der Waals surface area contributed by atoms with Crippen LogP contribution in [0.3, 0.4) is 0 Å². The molecule has 3 atom stereocenters. The molecule has 6 heteroatoms. The van der Waals surface area contributed by atoms with Crippen molar-refractivity contribution in [2.75, 3.05) is 20.3 Å². The summed E-state index contributed by atoms with van der Waals surface area (Å²) in [6, 6.07) is 6.25. The molecular formula is C26H40N2O4. The van der Waals surface area contributed by atoms with Crippen LogP contribution in [-0.2, 0) is 16.0 Å². The number of carbonyl (C=O) groups excluding carboxylic acids is 1. The Kier molecular flexibility index (Phi) is 8.01. The molecule has 1 aromatic rings. The molecule has 0 aromatic heterocycles. The van der Waals surface area contributed by atoms with E-state index < -0.39 is 12.1 Å². The smallest absolute Gasteiger partial charge is 0.246 e. The number of amides is 1. The summed E-state index contributed by atoms with van der Waals surface area (Å²) in [4.78, 5) is 12.0. The number of aliphatic hydroxyl groups excluding tert-OH is 1. The monoisotopic (exact) mass is 444 g/mol. The lowest BCUT2D eigenvalue weighted by molar-refractivity contribution is -0.126. The summed E-state index contributed by atoms with van der Waals surface area (Å²) in [7, 11) is 1.48. The molecule has 1 heterocycles. The Morgan fingerprint density at radius 2 is 2.16 bits per heavy atom. The van der Waals surface area contributed by atoms with Crippen LogP contribution >= 0.6 is 0 Å². The molecule has 1 aliphatic heterocycles. The van der Waals surface area contributed by atoms with Gasteiger partial charge in [-0.2, -0.15) is 0 Å². The summed E-state index contributed by atoms with van der Waals surface area (Å²) in [5.74, 6) is 0.715. The predicted octanol–water partition coefficient (Wildman–Crippen LogP) is 3.68. The van der Waals surface area contributed by atoms with Crippen molar-refractivity contribution in [3.63, 3.8) is 0 Å². The van der Waals surface area contributed by atoms with E-state index in [1.807, 2.05) is 0 Å². The van der Waals surface area contributed by atoms with E-state index in [1.54, 1.807) is 6.08 Å². The molecule has 3 rings (SSSR count). The van der Waals surface area contributed by atoms with E-state index in [-0.39, 0.29) is 29.6 Å². The van der Waals surface area contributed by atoms with Crippen LogP contribution in [0.4, 0.5) is 0 Å². The van der Waals surface area contributed by atoms with Crippen molar-refractivity contribution in [3.8, 4) is 5.75 Å². The van der Waals surface area contributed by atoms with E-state index in [0.29, 0.717) is 13.0 Å². The highest BCUT2D eigenvalue weighted by molar-refractivity contribution is 5.77. The largest absolute Gasteiger partial charge is 0.487 e. The second kappa shape index (κ2) is 10.4. The lowest BCUT2D eigenvalue weighted by Gasteiger charge is -2.48. The van der Waals surface area contributed by atoms with Crippen molar-refractivity contribution >= 4 is 5.91 Å². The molecule has 0 saturated heterocycles. The number of benzene rings is 1. The van der Waals surface area contributed by atoms with Gasteiger partial charge in [0.15, 0.2) is 0 Å². The van der Waals surface area contributed by atoms with E-state index in [9.17, 15) is 9.90 Å². The highest BCUT2D eigenvalue weighted by Crippen LogP contribution is 2.49. The van der Waals surface area contributed by atoms with Crippen LogP contribution in [-0.4, -0.2) is 49.0 Å². The first kappa shape index (κ1) is 24.7. The van der Waals surface area contributed by atoms with Crippen LogP contribution in [0.1, 0.15) is 70.0 Å². The number of nitrogens with one attached hydrogen (secondary N) is 2. The molecule has 2 aliphatic rings. The van der Waals surface area contributed by atoms with Gasteiger partial charge in [0.25, 0.3) is 0 Å². The molecule has 1 aliphatic carbocycles. The van der Waals surface area contributed by atoms with Crippen LogP contribution in [0.5, 0.6) is 5.75 Å². The van der Waals surface area contributed by atoms with Gasteiger partial charge >= 0.3 is 0 Å². The second-order valence-corrected chi connectivity index (χ2v) is 10.6. The maximum absolute atomic E-state index is 12.0. The summed E-state index contributed by atoms with van der Waals surface area (Å²) in [6.07, 6.45) is 6.69. The minimum absolute atomic E-state index is 0.0276. The number of hydrogen-bond acceptors (Lipinski definition) is 5. The van der Waals surface area contributed by atoms with Crippen molar-refractivity contribution < 1.29 is 19.4 Å². The van der Waals surface area contributed by atoms with Crippen LogP contribution in [0.15, 0.2) is 30.9 Å². The van der Waals surface area contributed by atoms with Crippen molar-refractivity contribution in [3.05, 3.63) is 42.0 Å². The normalized spacial score (nSPS) is 21.1. The highest BCUT2D eigenvalue weighted by Gasteiger charge is 2.45. The number of fused-ring (bicyclic) bond motifs is 1. The maximum atomic E-state index is 12.0. The zero-order valence-electron chi connectivity index (χ0n) is 20.1.